The summed E-state index contributed by atoms with van der Waals surface area (Å²) in [6.07, 6.45) is -6.94. The predicted octanol–water partition coefficient (Wildman–Crippen LogP) is 2.55. The van der Waals surface area contributed by atoms with Gasteiger partial charge in [-0.05, 0) is 0 Å². The monoisotopic (exact) mass is 330 g/mol. The van der Waals surface area contributed by atoms with Gasteiger partial charge in [0.15, 0.2) is 0 Å². The Morgan fingerprint density at radius 3 is 1.47 bits per heavy atom. The molecule has 0 aliphatic heterocycles. The largest absolute Gasteiger partial charge is 0.508 e. The minimum absolute atomic E-state index is 2.34. The molecule has 3 nitrogen and oxygen atoms in total. The Balaban J connectivity index is 5.25. The van der Waals surface area contributed by atoms with Gasteiger partial charge in [0.1, 0.15) is 0 Å². The van der Waals surface area contributed by atoms with Gasteiger partial charge in [0, 0.05) is 0 Å². The summed E-state index contributed by atoms with van der Waals surface area (Å²) < 4.78 is 130. The zero-order chi connectivity index (χ0) is 15.9. The molecular formula is C5F10O3S. The summed E-state index contributed by atoms with van der Waals surface area (Å²) >= 11 is -4.81. The summed E-state index contributed by atoms with van der Waals surface area (Å²) in [6, 6.07) is 0. The number of carbonyl (C=O) groups is 1. The smallest absolute Gasteiger partial charge is 0.353 e. The van der Waals surface area contributed by atoms with E-state index in [1.54, 1.807) is 0 Å². The third kappa shape index (κ3) is 3.48. The molecule has 0 aliphatic rings. The molecule has 0 aromatic rings. The van der Waals surface area contributed by atoms with Gasteiger partial charge in [0.25, 0.3) is 0 Å². The predicted molar refractivity (Wildman–Crippen MR) is 36.2 cm³/mol. The lowest BCUT2D eigenvalue weighted by atomic mass is 10.1. The molecule has 0 bridgehead atoms. The molecule has 0 fully saturated rings. The molecule has 0 N–H and O–H groups in total. The molecule has 0 saturated carbocycles. The quantitative estimate of drug-likeness (QED) is 0.747. The molecule has 1 atom stereocenters. The fourth-order valence-corrected chi connectivity index (χ4v) is 0.811. The average molecular weight is 330 g/mol. The van der Waals surface area contributed by atoms with Gasteiger partial charge >= 0.3 is 40.6 Å². The molecule has 14 heteroatoms. The topological polar surface area (TPSA) is 43.4 Å². The first-order valence-electron chi connectivity index (χ1n) is 3.59. The minimum atomic E-state index is -6.99. The van der Waals surface area contributed by atoms with Crippen LogP contribution in [0.25, 0.3) is 0 Å². The highest BCUT2D eigenvalue weighted by Crippen LogP contribution is 2.47. The summed E-state index contributed by atoms with van der Waals surface area (Å²) in [6.45, 7) is 0. The molecule has 0 radical (unpaired) electrons. The number of alkyl halides is 10. The van der Waals surface area contributed by atoms with Crippen LogP contribution in [0.5, 0.6) is 0 Å². The van der Waals surface area contributed by atoms with Crippen molar-refractivity contribution < 1.29 is 57.1 Å². The highest BCUT2D eigenvalue weighted by molar-refractivity contribution is 7.81. The number of hydrogen-bond acceptors (Lipinski definition) is 3. The summed E-state index contributed by atoms with van der Waals surface area (Å²) in [5.41, 5.74) is -5.92. The Morgan fingerprint density at radius 1 is 0.842 bits per heavy atom. The molecule has 19 heavy (non-hydrogen) atoms. The molecule has 0 rings (SSSR count). The van der Waals surface area contributed by atoms with Crippen LogP contribution in [0.4, 0.5) is 43.9 Å². The van der Waals surface area contributed by atoms with Crippen molar-refractivity contribution in [2.45, 2.75) is 23.5 Å². The van der Waals surface area contributed by atoms with Crippen molar-refractivity contribution in [3.8, 4) is 0 Å². The van der Waals surface area contributed by atoms with Gasteiger partial charge < -0.3 is 4.18 Å². The van der Waals surface area contributed by atoms with Crippen LogP contribution in [0.3, 0.4) is 0 Å². The molecule has 0 aromatic carbocycles. The van der Waals surface area contributed by atoms with E-state index in [9.17, 15) is 52.9 Å². The first kappa shape index (κ1) is 17.9. The van der Waals surface area contributed by atoms with E-state index >= 15 is 0 Å². The van der Waals surface area contributed by atoms with Crippen LogP contribution in [0.1, 0.15) is 0 Å². The molecule has 0 saturated heterocycles. The lowest BCUT2D eigenvalue weighted by molar-refractivity contribution is -0.346. The van der Waals surface area contributed by atoms with Crippen molar-refractivity contribution in [2.75, 3.05) is 0 Å². The number of halogens is 10. The fourth-order valence-electron chi connectivity index (χ4n) is 0.475. The maximum absolute atomic E-state index is 12.4. The van der Waals surface area contributed by atoms with E-state index < -0.39 is 40.6 Å². The zero-order valence-corrected chi connectivity index (χ0v) is 8.73. The number of rotatable bonds is 3. The summed E-state index contributed by atoms with van der Waals surface area (Å²) in [7, 11) is 0. The van der Waals surface area contributed by atoms with E-state index in [2.05, 4.69) is 4.18 Å². The Labute approximate surface area is 98.7 Å². The van der Waals surface area contributed by atoms with E-state index in [0.717, 1.165) is 0 Å². The molecule has 1 unspecified atom stereocenters. The van der Waals surface area contributed by atoms with Crippen LogP contribution >= 0.6 is 0 Å². The van der Waals surface area contributed by atoms with Gasteiger partial charge in [-0.2, -0.15) is 43.9 Å². The van der Waals surface area contributed by atoms with Gasteiger partial charge in [0.05, 0.1) is 0 Å². The van der Waals surface area contributed by atoms with Crippen LogP contribution in [-0.4, -0.2) is 33.7 Å². The molecule has 0 heterocycles. The van der Waals surface area contributed by atoms with Crippen LogP contribution < -0.4 is 0 Å². The molecule has 0 spiro atoms. The Morgan fingerprint density at radius 2 is 1.21 bits per heavy atom. The first-order valence-corrected chi connectivity index (χ1v) is 4.66. The second-order valence-electron chi connectivity index (χ2n) is 2.70. The SMILES string of the molecule is O=C(OS(=O)C(F)(F)F)C(F)(F)C(F)(F)C(F)(F)F. The van der Waals surface area contributed by atoms with E-state index in [1.807, 2.05) is 0 Å². The maximum Gasteiger partial charge on any atom is 0.508 e. The van der Waals surface area contributed by atoms with Gasteiger partial charge in [-0.1, -0.05) is 0 Å². The highest BCUT2D eigenvalue weighted by atomic mass is 32.2. The third-order valence-corrected chi connectivity index (χ3v) is 2.03. The summed E-state index contributed by atoms with van der Waals surface area (Å²) in [4.78, 5) is 10.2. The van der Waals surface area contributed by atoms with Crippen molar-refractivity contribution in [2.24, 2.45) is 0 Å². The summed E-state index contributed by atoms with van der Waals surface area (Å²) in [5.74, 6) is -17.6. The van der Waals surface area contributed by atoms with Crippen LogP contribution in [0.15, 0.2) is 0 Å². The van der Waals surface area contributed by atoms with Crippen molar-refractivity contribution >= 4 is 17.0 Å². The van der Waals surface area contributed by atoms with E-state index in [0.29, 0.717) is 0 Å². The molecule has 0 aliphatic carbocycles. The van der Waals surface area contributed by atoms with Crippen molar-refractivity contribution in [1.29, 1.82) is 0 Å². The van der Waals surface area contributed by atoms with Gasteiger partial charge in [-0.25, -0.2) is 9.00 Å². The average Bonchev–Trinajstić information content (AvgIpc) is 2.13. The minimum Gasteiger partial charge on any atom is -0.353 e. The molecular weight excluding hydrogens is 330 g/mol. The van der Waals surface area contributed by atoms with Crippen LogP contribution in [0, 0.1) is 0 Å². The lowest BCUT2D eigenvalue weighted by Gasteiger charge is -2.25. The Kier molecular flexibility index (Phi) is 4.52. The van der Waals surface area contributed by atoms with E-state index in [-0.39, 0.29) is 0 Å². The second kappa shape index (κ2) is 4.79. The highest BCUT2D eigenvalue weighted by Gasteiger charge is 2.77. The molecule has 0 aromatic heterocycles. The Bertz CT molecular complexity index is 382. The van der Waals surface area contributed by atoms with E-state index in [1.165, 1.54) is 0 Å². The van der Waals surface area contributed by atoms with Crippen LogP contribution in [0.2, 0.25) is 0 Å². The number of carbonyl (C=O) groups excluding carboxylic acids is 1. The maximum atomic E-state index is 12.4. The normalized spacial score (nSPS) is 16.1. The first-order chi connectivity index (χ1) is 8.05. The van der Waals surface area contributed by atoms with Gasteiger partial charge in [0.2, 0.25) is 0 Å². The van der Waals surface area contributed by atoms with E-state index in [4.69, 9.17) is 0 Å². The fraction of sp³-hybridized carbons (Fsp3) is 0.800. The van der Waals surface area contributed by atoms with Gasteiger partial charge in [-0.3, -0.25) is 0 Å². The lowest BCUT2D eigenvalue weighted by Crippen LogP contribution is -2.57. The van der Waals surface area contributed by atoms with Gasteiger partial charge in [-0.15, -0.1) is 0 Å². The van der Waals surface area contributed by atoms with Crippen molar-refractivity contribution in [3.63, 3.8) is 0 Å². The molecule has 0 amide bonds. The van der Waals surface area contributed by atoms with Crippen molar-refractivity contribution in [1.82, 2.24) is 0 Å². The zero-order valence-electron chi connectivity index (χ0n) is 7.91. The Hall–Kier alpha value is -1.08. The third-order valence-electron chi connectivity index (χ3n) is 1.35. The second-order valence-corrected chi connectivity index (χ2v) is 3.80. The number of hydrogen-bond donors (Lipinski definition) is 0. The standard InChI is InChI=1S/C5F10O3S/c6-2(7,3(8,9)4(10,11)12)1(16)18-19(17)5(13,14)15. The summed E-state index contributed by atoms with van der Waals surface area (Å²) in [5, 5.41) is 0. The van der Waals surface area contributed by atoms with Crippen LogP contribution in [-0.2, 0) is 20.1 Å². The van der Waals surface area contributed by atoms with Crippen molar-refractivity contribution in [3.05, 3.63) is 0 Å². The molecule has 114 valence electrons.